The standard InChI is InChI=1S/C25H21ClFN3O2S/c1-16-5-4-7-19(13-16)28-24(32)30-11-12-33-25(30)20-14-18(27)9-10-22(20)29(23(25)31)15-17-6-2-3-8-21(17)26/h2-10,13-14H,11-12,15H2,1H3,(H,28,32). The van der Waals surface area contributed by atoms with Crippen LogP contribution in [0.5, 0.6) is 0 Å². The van der Waals surface area contributed by atoms with E-state index in [-0.39, 0.29) is 12.5 Å². The first-order chi connectivity index (χ1) is 15.9. The first-order valence-corrected chi connectivity index (χ1v) is 11.9. The van der Waals surface area contributed by atoms with Crippen molar-refractivity contribution in [3.05, 3.63) is 94.3 Å². The lowest BCUT2D eigenvalue weighted by molar-refractivity contribution is -0.123. The summed E-state index contributed by atoms with van der Waals surface area (Å²) in [5, 5.41) is 3.45. The van der Waals surface area contributed by atoms with Crippen molar-refractivity contribution in [2.75, 3.05) is 22.5 Å². The Bertz CT molecular complexity index is 1270. The molecule has 3 aromatic carbocycles. The van der Waals surface area contributed by atoms with Crippen LogP contribution in [0.4, 0.5) is 20.6 Å². The van der Waals surface area contributed by atoms with Crippen LogP contribution in [-0.4, -0.2) is 29.1 Å². The van der Waals surface area contributed by atoms with E-state index in [9.17, 15) is 14.0 Å². The molecule has 0 bridgehead atoms. The highest BCUT2D eigenvalue weighted by Gasteiger charge is 2.59. The van der Waals surface area contributed by atoms with Gasteiger partial charge in [0, 0.05) is 28.6 Å². The Hall–Kier alpha value is -3.03. The molecule has 1 spiro atoms. The summed E-state index contributed by atoms with van der Waals surface area (Å²) < 4.78 is 14.4. The summed E-state index contributed by atoms with van der Waals surface area (Å²) >= 11 is 7.71. The van der Waals surface area contributed by atoms with Gasteiger partial charge in [-0.05, 0) is 54.4 Å². The maximum atomic E-state index is 14.4. The van der Waals surface area contributed by atoms with Crippen molar-refractivity contribution < 1.29 is 14.0 Å². The maximum Gasteiger partial charge on any atom is 0.323 e. The molecule has 33 heavy (non-hydrogen) atoms. The largest absolute Gasteiger partial charge is 0.323 e. The summed E-state index contributed by atoms with van der Waals surface area (Å²) in [6.07, 6.45) is 0. The summed E-state index contributed by atoms with van der Waals surface area (Å²) in [7, 11) is 0. The number of halogens is 2. The molecule has 0 saturated carbocycles. The Balaban J connectivity index is 1.54. The second-order valence-electron chi connectivity index (χ2n) is 8.09. The first kappa shape index (κ1) is 21.8. The van der Waals surface area contributed by atoms with Crippen LogP contribution < -0.4 is 10.2 Å². The minimum Gasteiger partial charge on any atom is -0.308 e. The molecular weight excluding hydrogens is 461 g/mol. The lowest BCUT2D eigenvalue weighted by atomic mass is 10.1. The van der Waals surface area contributed by atoms with Crippen LogP contribution in [0.25, 0.3) is 0 Å². The molecule has 1 unspecified atom stereocenters. The quantitative estimate of drug-likeness (QED) is 0.517. The van der Waals surface area contributed by atoms with Crippen LogP contribution in [-0.2, 0) is 16.2 Å². The van der Waals surface area contributed by atoms with Crippen molar-refractivity contribution in [1.82, 2.24) is 4.90 Å². The molecular formula is C25H21ClFN3O2S. The lowest BCUT2D eigenvalue weighted by Gasteiger charge is -2.33. The van der Waals surface area contributed by atoms with Gasteiger partial charge in [0.05, 0.1) is 12.2 Å². The molecule has 2 aliphatic rings. The number of carbonyl (C=O) groups is 2. The molecule has 1 saturated heterocycles. The zero-order valence-corrected chi connectivity index (χ0v) is 19.4. The lowest BCUT2D eigenvalue weighted by Crippen LogP contribution is -2.51. The topological polar surface area (TPSA) is 52.7 Å². The van der Waals surface area contributed by atoms with Crippen molar-refractivity contribution in [3.8, 4) is 0 Å². The van der Waals surface area contributed by atoms with Crippen LogP contribution in [0.3, 0.4) is 0 Å². The zero-order chi connectivity index (χ0) is 23.2. The van der Waals surface area contributed by atoms with Crippen molar-refractivity contribution in [2.24, 2.45) is 0 Å². The van der Waals surface area contributed by atoms with Gasteiger partial charge in [-0.25, -0.2) is 9.18 Å². The predicted octanol–water partition coefficient (Wildman–Crippen LogP) is 5.77. The van der Waals surface area contributed by atoms with E-state index in [0.717, 1.165) is 11.1 Å². The van der Waals surface area contributed by atoms with Crippen molar-refractivity contribution in [2.45, 2.75) is 18.3 Å². The Kier molecular flexibility index (Phi) is 5.54. The van der Waals surface area contributed by atoms with Gasteiger partial charge in [-0.3, -0.25) is 9.69 Å². The molecule has 5 nitrogen and oxygen atoms in total. The molecule has 2 heterocycles. The van der Waals surface area contributed by atoms with E-state index in [1.807, 2.05) is 43.3 Å². The monoisotopic (exact) mass is 481 g/mol. The van der Waals surface area contributed by atoms with Gasteiger partial charge in [0.2, 0.25) is 0 Å². The van der Waals surface area contributed by atoms with E-state index in [4.69, 9.17) is 11.6 Å². The highest BCUT2D eigenvalue weighted by molar-refractivity contribution is 8.01. The number of amides is 3. The summed E-state index contributed by atoms with van der Waals surface area (Å²) in [6, 6.07) is 18.7. The fraction of sp³-hybridized carbons (Fsp3) is 0.200. The molecule has 0 aromatic heterocycles. The second-order valence-corrected chi connectivity index (χ2v) is 9.78. The van der Waals surface area contributed by atoms with Crippen LogP contribution >= 0.6 is 23.4 Å². The molecule has 0 aliphatic carbocycles. The minimum absolute atomic E-state index is 0.229. The highest BCUT2D eigenvalue weighted by atomic mass is 35.5. The third kappa shape index (κ3) is 3.65. The molecule has 3 aromatic rings. The molecule has 1 N–H and O–H groups in total. The van der Waals surface area contributed by atoms with Crippen LogP contribution in [0, 0.1) is 12.7 Å². The number of aryl methyl sites for hydroxylation is 1. The van der Waals surface area contributed by atoms with Gasteiger partial charge in [-0.2, -0.15) is 0 Å². The van der Waals surface area contributed by atoms with E-state index >= 15 is 0 Å². The minimum atomic E-state index is -1.33. The summed E-state index contributed by atoms with van der Waals surface area (Å²) in [5.41, 5.74) is 3.50. The molecule has 1 atom stereocenters. The molecule has 3 amide bonds. The fourth-order valence-electron chi connectivity index (χ4n) is 4.46. The van der Waals surface area contributed by atoms with Crippen LogP contribution in [0.1, 0.15) is 16.7 Å². The Labute approximate surface area is 200 Å². The zero-order valence-electron chi connectivity index (χ0n) is 17.8. The molecule has 5 rings (SSSR count). The number of urea groups is 1. The molecule has 2 aliphatic heterocycles. The molecule has 8 heteroatoms. The van der Waals surface area contributed by atoms with Crippen LogP contribution in [0.2, 0.25) is 5.02 Å². The van der Waals surface area contributed by atoms with Gasteiger partial charge in [-0.15, -0.1) is 11.8 Å². The fourth-order valence-corrected chi connectivity index (χ4v) is 6.10. The van der Waals surface area contributed by atoms with E-state index in [0.29, 0.717) is 34.3 Å². The number of anilines is 2. The third-order valence-electron chi connectivity index (χ3n) is 5.96. The third-order valence-corrected chi connectivity index (χ3v) is 7.74. The Morgan fingerprint density at radius 3 is 2.76 bits per heavy atom. The first-order valence-electron chi connectivity index (χ1n) is 10.5. The number of benzene rings is 3. The highest BCUT2D eigenvalue weighted by Crippen LogP contribution is 2.54. The van der Waals surface area contributed by atoms with E-state index in [2.05, 4.69) is 5.32 Å². The van der Waals surface area contributed by atoms with Gasteiger partial charge in [-0.1, -0.05) is 41.9 Å². The van der Waals surface area contributed by atoms with Crippen molar-refractivity contribution in [3.63, 3.8) is 0 Å². The Morgan fingerprint density at radius 1 is 1.15 bits per heavy atom. The average Bonchev–Trinajstić information content (AvgIpc) is 3.32. The number of nitrogens with one attached hydrogen (secondary N) is 1. The summed E-state index contributed by atoms with van der Waals surface area (Å²) in [4.78, 5) is 29.1. The molecule has 168 valence electrons. The van der Waals surface area contributed by atoms with Gasteiger partial charge >= 0.3 is 6.03 Å². The van der Waals surface area contributed by atoms with Gasteiger partial charge < -0.3 is 10.2 Å². The maximum absolute atomic E-state index is 14.4. The smallest absolute Gasteiger partial charge is 0.308 e. The summed E-state index contributed by atoms with van der Waals surface area (Å²) in [5.74, 6) is -0.167. The number of thioether (sulfide) groups is 1. The van der Waals surface area contributed by atoms with E-state index < -0.39 is 16.7 Å². The van der Waals surface area contributed by atoms with Gasteiger partial charge in [0.25, 0.3) is 5.91 Å². The number of nitrogens with zero attached hydrogens (tertiary/aromatic N) is 2. The van der Waals surface area contributed by atoms with Gasteiger partial charge in [0.15, 0.2) is 4.87 Å². The van der Waals surface area contributed by atoms with Crippen LogP contribution in [0.15, 0.2) is 66.7 Å². The normalized spacial score (nSPS) is 19.3. The van der Waals surface area contributed by atoms with E-state index in [1.54, 1.807) is 23.1 Å². The predicted molar refractivity (Wildman–Crippen MR) is 130 cm³/mol. The average molecular weight is 482 g/mol. The summed E-state index contributed by atoms with van der Waals surface area (Å²) in [6.45, 7) is 2.53. The van der Waals surface area contributed by atoms with E-state index in [1.165, 1.54) is 28.8 Å². The molecule has 0 radical (unpaired) electrons. The molecule has 1 fully saturated rings. The van der Waals surface area contributed by atoms with Crippen molar-refractivity contribution >= 4 is 46.7 Å². The Morgan fingerprint density at radius 2 is 1.97 bits per heavy atom. The second kappa shape index (κ2) is 8.39. The number of carbonyl (C=O) groups excluding carboxylic acids is 2. The SMILES string of the molecule is Cc1cccc(NC(=O)N2CCSC23C(=O)N(Cc2ccccc2Cl)c2ccc(F)cc23)c1. The van der Waals surface area contributed by atoms with Gasteiger partial charge in [0.1, 0.15) is 5.82 Å². The number of hydrogen-bond acceptors (Lipinski definition) is 3. The number of hydrogen-bond donors (Lipinski definition) is 1. The number of rotatable bonds is 3. The van der Waals surface area contributed by atoms with Crippen molar-refractivity contribution in [1.29, 1.82) is 0 Å². The number of fused-ring (bicyclic) bond motifs is 2.